The van der Waals surface area contributed by atoms with Gasteiger partial charge in [-0.1, -0.05) is 11.6 Å². The molecular formula is C9H8ClF4N. The van der Waals surface area contributed by atoms with Crippen LogP contribution in [-0.4, -0.2) is 13.2 Å². The molecule has 0 bridgehead atoms. The van der Waals surface area contributed by atoms with E-state index in [0.29, 0.717) is 0 Å². The first kappa shape index (κ1) is 12.1. The van der Waals surface area contributed by atoms with Gasteiger partial charge in [-0.2, -0.15) is 13.2 Å². The summed E-state index contributed by atoms with van der Waals surface area (Å²) in [6.45, 7) is -0.898. The summed E-state index contributed by atoms with van der Waals surface area (Å²) in [7, 11) is 0. The quantitative estimate of drug-likeness (QED) is 0.795. The molecule has 0 amide bonds. The van der Waals surface area contributed by atoms with Crippen molar-refractivity contribution >= 4 is 17.3 Å². The van der Waals surface area contributed by atoms with Gasteiger partial charge in [0.2, 0.25) is 0 Å². The second-order valence-electron chi connectivity index (χ2n) is 2.80. The van der Waals surface area contributed by atoms with Gasteiger partial charge in [0, 0.05) is 17.3 Å². The number of anilines is 1. The molecule has 0 saturated heterocycles. The van der Waals surface area contributed by atoms with Crippen LogP contribution >= 0.6 is 11.6 Å². The minimum atomic E-state index is -4.50. The maximum atomic E-state index is 12.5. The molecule has 1 nitrogen and oxygen atoms in total. The molecule has 0 aromatic heterocycles. The third-order valence-electron chi connectivity index (χ3n) is 1.70. The summed E-state index contributed by atoms with van der Waals surface area (Å²) in [5.74, 6) is 0. The van der Waals surface area contributed by atoms with Crippen molar-refractivity contribution in [3.63, 3.8) is 0 Å². The van der Waals surface area contributed by atoms with E-state index in [1.807, 2.05) is 0 Å². The molecule has 15 heavy (non-hydrogen) atoms. The highest BCUT2D eigenvalue weighted by Gasteiger charge is 2.33. The van der Waals surface area contributed by atoms with E-state index < -0.39 is 18.4 Å². The van der Waals surface area contributed by atoms with Gasteiger partial charge >= 0.3 is 6.18 Å². The second kappa shape index (κ2) is 4.70. The minimum Gasteiger partial charge on any atom is -0.382 e. The van der Waals surface area contributed by atoms with Crippen LogP contribution in [0.2, 0.25) is 5.02 Å². The molecule has 0 unspecified atom stereocenters. The van der Waals surface area contributed by atoms with Crippen molar-refractivity contribution < 1.29 is 17.6 Å². The van der Waals surface area contributed by atoms with Crippen LogP contribution in [0.15, 0.2) is 18.2 Å². The van der Waals surface area contributed by atoms with Crippen molar-refractivity contribution in [2.45, 2.75) is 6.18 Å². The first-order valence-electron chi connectivity index (χ1n) is 4.11. The first-order valence-corrected chi connectivity index (χ1v) is 4.49. The van der Waals surface area contributed by atoms with Gasteiger partial charge in [0.15, 0.2) is 0 Å². The van der Waals surface area contributed by atoms with E-state index >= 15 is 0 Å². The maximum Gasteiger partial charge on any atom is 0.418 e. The van der Waals surface area contributed by atoms with Crippen LogP contribution in [0.4, 0.5) is 23.2 Å². The summed E-state index contributed by atoms with van der Waals surface area (Å²) in [5.41, 5.74) is -1.05. The number of hydrogen-bond donors (Lipinski definition) is 1. The fourth-order valence-electron chi connectivity index (χ4n) is 1.09. The van der Waals surface area contributed by atoms with Crippen LogP contribution in [0, 0.1) is 0 Å². The molecule has 0 fully saturated rings. The highest BCUT2D eigenvalue weighted by molar-refractivity contribution is 6.30. The average molecular weight is 242 g/mol. The molecule has 1 rings (SSSR count). The molecular weight excluding hydrogens is 234 g/mol. The summed E-state index contributed by atoms with van der Waals surface area (Å²) in [6, 6.07) is 3.31. The summed E-state index contributed by atoms with van der Waals surface area (Å²) >= 11 is 5.46. The van der Waals surface area contributed by atoms with E-state index in [1.54, 1.807) is 0 Å². The van der Waals surface area contributed by atoms with Gasteiger partial charge < -0.3 is 5.32 Å². The predicted octanol–water partition coefficient (Wildman–Crippen LogP) is 3.74. The lowest BCUT2D eigenvalue weighted by atomic mass is 10.1. The highest BCUT2D eigenvalue weighted by atomic mass is 35.5. The summed E-state index contributed by atoms with van der Waals surface area (Å²) < 4.78 is 49.2. The number of nitrogens with one attached hydrogen (secondary N) is 1. The van der Waals surface area contributed by atoms with Crippen molar-refractivity contribution in [2.75, 3.05) is 18.5 Å². The minimum absolute atomic E-state index is 0.00637. The van der Waals surface area contributed by atoms with E-state index in [-0.39, 0.29) is 17.3 Å². The first-order chi connectivity index (χ1) is 6.95. The molecule has 1 N–H and O–H groups in total. The van der Waals surface area contributed by atoms with Gasteiger partial charge in [-0.15, -0.1) is 0 Å². The zero-order valence-electron chi connectivity index (χ0n) is 7.54. The van der Waals surface area contributed by atoms with Gasteiger partial charge in [0.25, 0.3) is 0 Å². The largest absolute Gasteiger partial charge is 0.418 e. The van der Waals surface area contributed by atoms with Gasteiger partial charge in [0.1, 0.15) is 6.67 Å². The molecule has 0 aliphatic rings. The van der Waals surface area contributed by atoms with Crippen molar-refractivity contribution in [3.05, 3.63) is 28.8 Å². The Kier molecular flexibility index (Phi) is 3.79. The van der Waals surface area contributed by atoms with Crippen LogP contribution < -0.4 is 5.32 Å². The molecule has 1 aromatic rings. The molecule has 0 heterocycles. The van der Waals surface area contributed by atoms with Crippen LogP contribution in [-0.2, 0) is 6.18 Å². The van der Waals surface area contributed by atoms with Crippen molar-refractivity contribution in [2.24, 2.45) is 0 Å². The molecule has 84 valence electrons. The van der Waals surface area contributed by atoms with Crippen LogP contribution in [0.25, 0.3) is 0 Å². The van der Waals surface area contributed by atoms with Crippen LogP contribution in [0.3, 0.4) is 0 Å². The highest BCUT2D eigenvalue weighted by Crippen LogP contribution is 2.36. The van der Waals surface area contributed by atoms with E-state index in [4.69, 9.17) is 11.6 Å². The predicted molar refractivity (Wildman–Crippen MR) is 50.9 cm³/mol. The van der Waals surface area contributed by atoms with Crippen LogP contribution in [0.5, 0.6) is 0 Å². The average Bonchev–Trinajstić information content (AvgIpc) is 2.14. The molecule has 0 atom stereocenters. The smallest absolute Gasteiger partial charge is 0.382 e. The molecule has 1 aromatic carbocycles. The van der Waals surface area contributed by atoms with E-state index in [9.17, 15) is 17.6 Å². The Labute approximate surface area is 89.0 Å². The fraction of sp³-hybridized carbons (Fsp3) is 0.333. The lowest BCUT2D eigenvalue weighted by Crippen LogP contribution is -2.12. The molecule has 0 radical (unpaired) electrons. The molecule has 0 spiro atoms. The Morgan fingerprint density at radius 3 is 2.47 bits per heavy atom. The lowest BCUT2D eigenvalue weighted by Gasteiger charge is -2.13. The van der Waals surface area contributed by atoms with Crippen molar-refractivity contribution in [1.29, 1.82) is 0 Å². The Bertz CT molecular complexity index is 337. The molecule has 0 saturated carbocycles. The Morgan fingerprint density at radius 2 is 1.93 bits per heavy atom. The topological polar surface area (TPSA) is 12.0 Å². The molecule has 6 heteroatoms. The third kappa shape index (κ3) is 3.27. The summed E-state index contributed by atoms with van der Waals surface area (Å²) in [6.07, 6.45) is -4.50. The number of halogens is 5. The summed E-state index contributed by atoms with van der Waals surface area (Å²) in [4.78, 5) is 0. The van der Waals surface area contributed by atoms with Gasteiger partial charge in [-0.25, -0.2) is 4.39 Å². The lowest BCUT2D eigenvalue weighted by molar-refractivity contribution is -0.136. The van der Waals surface area contributed by atoms with Crippen LogP contribution in [0.1, 0.15) is 5.56 Å². The van der Waals surface area contributed by atoms with Gasteiger partial charge in [-0.3, -0.25) is 0 Å². The fourth-order valence-corrected chi connectivity index (χ4v) is 1.26. The van der Waals surface area contributed by atoms with Crippen molar-refractivity contribution in [3.8, 4) is 0 Å². The number of hydrogen-bond acceptors (Lipinski definition) is 1. The monoisotopic (exact) mass is 241 g/mol. The third-order valence-corrected chi connectivity index (χ3v) is 1.93. The summed E-state index contributed by atoms with van der Waals surface area (Å²) in [5, 5.41) is 2.34. The van der Waals surface area contributed by atoms with E-state index in [1.165, 1.54) is 12.1 Å². The SMILES string of the molecule is FCCNc1ccc(Cl)cc1C(F)(F)F. The number of rotatable bonds is 3. The second-order valence-corrected chi connectivity index (χ2v) is 3.24. The standard InChI is InChI=1S/C9H8ClF4N/c10-6-1-2-8(15-4-3-11)7(5-6)9(12,13)14/h1-2,5,15H,3-4H2. The van der Waals surface area contributed by atoms with E-state index in [2.05, 4.69) is 5.32 Å². The number of benzene rings is 1. The Hall–Kier alpha value is -0.970. The Balaban J connectivity index is 3.04. The zero-order chi connectivity index (χ0) is 11.5. The van der Waals surface area contributed by atoms with Gasteiger partial charge in [-0.05, 0) is 18.2 Å². The van der Waals surface area contributed by atoms with Gasteiger partial charge in [0.05, 0.1) is 5.56 Å². The molecule has 0 aliphatic carbocycles. The van der Waals surface area contributed by atoms with E-state index in [0.717, 1.165) is 6.07 Å². The normalized spacial score (nSPS) is 11.5. The molecule has 0 aliphatic heterocycles. The maximum absolute atomic E-state index is 12.5. The van der Waals surface area contributed by atoms with Crippen molar-refractivity contribution in [1.82, 2.24) is 0 Å². The zero-order valence-corrected chi connectivity index (χ0v) is 8.29. The Morgan fingerprint density at radius 1 is 1.27 bits per heavy atom. The number of alkyl halides is 4.